The molecule has 9 nitrogen and oxygen atoms in total. The molecule has 1 aliphatic heterocycles. The van der Waals surface area contributed by atoms with E-state index in [-0.39, 0.29) is 28.2 Å². The summed E-state index contributed by atoms with van der Waals surface area (Å²) in [5.74, 6) is 0.450. The van der Waals surface area contributed by atoms with Crippen LogP contribution in [0, 0.1) is 26.9 Å². The maximum Gasteiger partial charge on any atom is 0.271 e. The van der Waals surface area contributed by atoms with E-state index < -0.39 is 4.92 Å². The monoisotopic (exact) mass is 555 g/mol. The molecule has 1 aromatic heterocycles. The van der Waals surface area contributed by atoms with Crippen LogP contribution >= 0.6 is 11.8 Å². The third kappa shape index (κ3) is 4.14. The van der Waals surface area contributed by atoms with Gasteiger partial charge in [-0.1, -0.05) is 20.8 Å². The standard InChI is InChI=1S/C30H29N5O4S/c1-29(2)19-14-15-30(29,3)26(17-19)31-32-28-34(21-10-12-24(36)13-11-21)27(37)25(40-28)18-23-5-4-16-33(23)20-6-8-22(9-7-20)35(38)39/h4-13,16,18-19,36H,14-15,17H2,1-3H3. The summed E-state index contributed by atoms with van der Waals surface area (Å²) in [6.07, 6.45) is 6.84. The summed E-state index contributed by atoms with van der Waals surface area (Å²) in [4.78, 5) is 26.4. The van der Waals surface area contributed by atoms with Crippen molar-refractivity contribution in [3.8, 4) is 11.4 Å². The van der Waals surface area contributed by atoms with Gasteiger partial charge in [0.2, 0.25) is 5.17 Å². The van der Waals surface area contributed by atoms with E-state index >= 15 is 0 Å². The number of rotatable bonds is 5. The smallest absolute Gasteiger partial charge is 0.271 e. The SMILES string of the molecule is CC12CCC(CC1=NN=C1SC(=Cc3cccn3-c3ccc([N+](=O)[O-])cc3)C(=O)N1c1ccc(O)cc1)C2(C)C. The number of phenolic OH excluding ortho intramolecular Hbond substituents is 1. The molecule has 2 aliphatic carbocycles. The van der Waals surface area contributed by atoms with Crippen LogP contribution in [0.1, 0.15) is 45.7 Å². The van der Waals surface area contributed by atoms with Gasteiger partial charge in [-0.15, -0.1) is 5.10 Å². The number of aromatic nitrogens is 1. The lowest BCUT2D eigenvalue weighted by Crippen LogP contribution is -2.32. The van der Waals surface area contributed by atoms with E-state index in [1.165, 1.54) is 47.3 Å². The fourth-order valence-corrected chi connectivity index (χ4v) is 7.09. The van der Waals surface area contributed by atoms with Gasteiger partial charge < -0.3 is 9.67 Å². The Morgan fingerprint density at radius 2 is 1.75 bits per heavy atom. The number of thioether (sulfide) groups is 1. The number of carbonyl (C=O) groups excluding carboxylic acids is 1. The number of benzene rings is 2. The lowest BCUT2D eigenvalue weighted by atomic mass is 9.70. The minimum absolute atomic E-state index is 0.0112. The van der Waals surface area contributed by atoms with Gasteiger partial charge in [-0.25, -0.2) is 0 Å². The number of hydrogen-bond acceptors (Lipinski definition) is 7. The highest BCUT2D eigenvalue weighted by Crippen LogP contribution is 2.64. The summed E-state index contributed by atoms with van der Waals surface area (Å²) in [6, 6.07) is 16.4. The number of fused-ring (bicyclic) bond motifs is 2. The third-order valence-electron chi connectivity index (χ3n) is 9.08. The molecule has 1 saturated heterocycles. The first-order valence-corrected chi connectivity index (χ1v) is 14.0. The number of nitro benzene ring substituents is 1. The fourth-order valence-electron chi connectivity index (χ4n) is 6.17. The van der Waals surface area contributed by atoms with E-state index in [0.29, 0.717) is 21.7 Å². The lowest BCUT2D eigenvalue weighted by molar-refractivity contribution is -0.384. The molecule has 2 heterocycles. The zero-order valence-corrected chi connectivity index (χ0v) is 23.3. The number of phenols is 1. The van der Waals surface area contributed by atoms with Gasteiger partial charge in [-0.05, 0) is 97.0 Å². The minimum atomic E-state index is -0.434. The molecular formula is C30H29N5O4S. The van der Waals surface area contributed by atoms with E-state index in [1.54, 1.807) is 30.3 Å². The Balaban J connectivity index is 1.37. The summed E-state index contributed by atoms with van der Waals surface area (Å²) in [5.41, 5.74) is 3.31. The Bertz CT molecular complexity index is 1600. The normalized spacial score (nSPS) is 26.5. The van der Waals surface area contributed by atoms with Crippen LogP contribution < -0.4 is 4.90 Å². The van der Waals surface area contributed by atoms with Gasteiger partial charge in [0.25, 0.3) is 11.6 Å². The molecule has 1 amide bonds. The molecule has 1 N–H and O–H groups in total. The van der Waals surface area contributed by atoms with E-state index in [9.17, 15) is 20.0 Å². The number of amidine groups is 1. The van der Waals surface area contributed by atoms with E-state index in [1.807, 2.05) is 22.9 Å². The lowest BCUT2D eigenvalue weighted by Gasteiger charge is -2.34. The Hall–Kier alpha value is -4.18. The van der Waals surface area contributed by atoms with Gasteiger partial charge in [0, 0.05) is 40.8 Å². The van der Waals surface area contributed by atoms with Crippen molar-refractivity contribution in [3.63, 3.8) is 0 Å². The summed E-state index contributed by atoms with van der Waals surface area (Å²) in [5, 5.41) is 30.7. The first-order chi connectivity index (χ1) is 19.1. The summed E-state index contributed by atoms with van der Waals surface area (Å²) < 4.78 is 1.86. The Labute approximate surface area is 236 Å². The van der Waals surface area contributed by atoms with Crippen molar-refractivity contribution < 1.29 is 14.8 Å². The van der Waals surface area contributed by atoms with Crippen LogP contribution in [0.3, 0.4) is 0 Å². The van der Waals surface area contributed by atoms with Crippen molar-refractivity contribution >= 4 is 46.0 Å². The first-order valence-electron chi connectivity index (χ1n) is 13.2. The van der Waals surface area contributed by atoms with E-state index in [0.717, 1.165) is 29.9 Å². The van der Waals surface area contributed by atoms with Gasteiger partial charge in [-0.3, -0.25) is 19.8 Å². The van der Waals surface area contributed by atoms with Crippen LogP contribution in [-0.2, 0) is 4.79 Å². The molecule has 3 aromatic rings. The highest BCUT2D eigenvalue weighted by molar-refractivity contribution is 8.19. The molecule has 2 bridgehead atoms. The minimum Gasteiger partial charge on any atom is -0.508 e. The van der Waals surface area contributed by atoms with Crippen LogP contribution in [0.2, 0.25) is 0 Å². The zero-order chi connectivity index (χ0) is 28.2. The highest BCUT2D eigenvalue weighted by Gasteiger charge is 2.60. The molecule has 0 spiro atoms. The van der Waals surface area contributed by atoms with Gasteiger partial charge in [-0.2, -0.15) is 5.10 Å². The topological polar surface area (TPSA) is 113 Å². The van der Waals surface area contributed by atoms with Crippen LogP contribution in [0.15, 0.2) is 82.0 Å². The molecule has 2 saturated carbocycles. The third-order valence-corrected chi connectivity index (χ3v) is 10.0. The molecule has 3 fully saturated rings. The summed E-state index contributed by atoms with van der Waals surface area (Å²) in [6.45, 7) is 6.91. The van der Waals surface area contributed by atoms with Crippen molar-refractivity contribution in [2.24, 2.45) is 27.0 Å². The number of hydrogen-bond donors (Lipinski definition) is 1. The average molecular weight is 556 g/mol. The second kappa shape index (κ2) is 9.48. The summed E-state index contributed by atoms with van der Waals surface area (Å²) >= 11 is 1.25. The molecule has 10 heteroatoms. The van der Waals surface area contributed by atoms with E-state index in [2.05, 4.69) is 25.9 Å². The highest BCUT2D eigenvalue weighted by atomic mass is 32.2. The molecule has 3 aliphatic rings. The molecule has 2 unspecified atom stereocenters. The number of non-ortho nitro benzene ring substituents is 1. The molecule has 0 radical (unpaired) electrons. The fraction of sp³-hybridized carbons (Fsp3) is 0.300. The molecule has 2 aromatic carbocycles. The van der Waals surface area contributed by atoms with Crippen LogP contribution in [0.4, 0.5) is 11.4 Å². The van der Waals surface area contributed by atoms with Gasteiger partial charge >= 0.3 is 0 Å². The largest absolute Gasteiger partial charge is 0.508 e. The van der Waals surface area contributed by atoms with Crippen LogP contribution in [0.25, 0.3) is 11.8 Å². The predicted octanol–water partition coefficient (Wildman–Crippen LogP) is 6.77. The zero-order valence-electron chi connectivity index (χ0n) is 22.4. The van der Waals surface area contributed by atoms with Gasteiger partial charge in [0.1, 0.15) is 5.75 Å². The summed E-state index contributed by atoms with van der Waals surface area (Å²) in [7, 11) is 0. The van der Waals surface area contributed by atoms with E-state index in [4.69, 9.17) is 5.10 Å². The van der Waals surface area contributed by atoms with Crippen LogP contribution in [-0.4, -0.2) is 31.4 Å². The van der Waals surface area contributed by atoms with Crippen molar-refractivity contribution in [2.45, 2.75) is 40.0 Å². The average Bonchev–Trinajstić information content (AvgIpc) is 3.62. The molecule has 40 heavy (non-hydrogen) atoms. The number of amides is 1. The Kier molecular flexibility index (Phi) is 6.18. The number of nitrogens with zero attached hydrogens (tertiary/aromatic N) is 5. The predicted molar refractivity (Wildman–Crippen MR) is 158 cm³/mol. The second-order valence-corrected chi connectivity index (χ2v) is 12.3. The Morgan fingerprint density at radius 1 is 1.05 bits per heavy atom. The quantitative estimate of drug-likeness (QED) is 0.212. The maximum atomic E-state index is 13.7. The van der Waals surface area contributed by atoms with Crippen molar-refractivity contribution in [3.05, 3.63) is 87.6 Å². The van der Waals surface area contributed by atoms with Crippen molar-refractivity contribution in [2.75, 3.05) is 4.90 Å². The molecular weight excluding hydrogens is 526 g/mol. The van der Waals surface area contributed by atoms with Crippen LogP contribution in [0.5, 0.6) is 5.75 Å². The first kappa shape index (κ1) is 26.1. The van der Waals surface area contributed by atoms with Crippen molar-refractivity contribution in [1.29, 1.82) is 0 Å². The van der Waals surface area contributed by atoms with Crippen molar-refractivity contribution in [1.82, 2.24) is 4.57 Å². The molecule has 204 valence electrons. The number of anilines is 1. The molecule has 6 rings (SSSR count). The molecule has 2 atom stereocenters. The number of aromatic hydroxyl groups is 1. The Morgan fingerprint density at radius 3 is 2.38 bits per heavy atom. The van der Waals surface area contributed by atoms with Gasteiger partial charge in [0.15, 0.2) is 0 Å². The second-order valence-electron chi connectivity index (χ2n) is 11.3. The number of nitro groups is 1. The van der Waals surface area contributed by atoms with Gasteiger partial charge in [0.05, 0.1) is 15.5 Å². The maximum absolute atomic E-state index is 13.7. The number of carbonyl (C=O) groups is 1.